The summed E-state index contributed by atoms with van der Waals surface area (Å²) >= 11 is 3.16. The van der Waals surface area contributed by atoms with Gasteiger partial charge in [-0.25, -0.2) is 0 Å². The van der Waals surface area contributed by atoms with Crippen molar-refractivity contribution in [1.82, 2.24) is 9.80 Å². The van der Waals surface area contributed by atoms with E-state index in [2.05, 4.69) is 9.80 Å². The molecule has 3 heterocycles. The minimum atomic E-state index is -0.162. The number of allylic oxidation sites excluding steroid dienone is 2. The Bertz CT molecular complexity index is 1650. The highest BCUT2D eigenvalue weighted by atomic mass is 32.1. The van der Waals surface area contributed by atoms with E-state index in [4.69, 9.17) is 9.47 Å². The summed E-state index contributed by atoms with van der Waals surface area (Å²) in [6.45, 7) is 7.73. The maximum absolute atomic E-state index is 13.0. The number of phenols is 2. The van der Waals surface area contributed by atoms with Crippen molar-refractivity contribution in [2.75, 3.05) is 40.4 Å². The number of piperazine rings is 1. The highest BCUT2D eigenvalue weighted by Crippen LogP contribution is 2.35. The number of carbonyl (C=O) groups excluding carboxylic acids is 2. The number of thiophene rings is 2. The van der Waals surface area contributed by atoms with Gasteiger partial charge in [0, 0.05) is 71.3 Å². The van der Waals surface area contributed by atoms with Crippen LogP contribution >= 0.6 is 22.7 Å². The van der Waals surface area contributed by atoms with Gasteiger partial charge in [0.25, 0.3) is 0 Å². The van der Waals surface area contributed by atoms with Gasteiger partial charge in [-0.2, -0.15) is 0 Å². The molecule has 0 aliphatic carbocycles. The van der Waals surface area contributed by atoms with Crippen LogP contribution in [0.5, 0.6) is 23.0 Å². The maximum Gasteiger partial charge on any atom is 0.186 e. The number of hydrogen-bond donors (Lipinski definition) is 2. The number of nitrogens with zero attached hydrogens (tertiary/aromatic N) is 2. The molecule has 2 aromatic heterocycles. The van der Waals surface area contributed by atoms with Gasteiger partial charge in [0.15, 0.2) is 34.6 Å². The van der Waals surface area contributed by atoms with E-state index in [9.17, 15) is 19.8 Å². The van der Waals surface area contributed by atoms with Gasteiger partial charge in [-0.1, -0.05) is 0 Å². The molecule has 0 amide bonds. The van der Waals surface area contributed by atoms with Gasteiger partial charge < -0.3 is 19.7 Å². The van der Waals surface area contributed by atoms with Crippen molar-refractivity contribution in [3.05, 3.63) is 102 Å². The third-order valence-electron chi connectivity index (χ3n) is 8.15. The second kappa shape index (κ2) is 14.9. The molecule has 2 N–H and O–H groups in total. The number of phenolic OH excluding ortho intramolecular Hbond substituents is 2. The van der Waals surface area contributed by atoms with Crippen molar-refractivity contribution in [3.63, 3.8) is 0 Å². The van der Waals surface area contributed by atoms with Crippen LogP contribution in [0.4, 0.5) is 0 Å². The van der Waals surface area contributed by atoms with Crippen molar-refractivity contribution in [3.8, 4) is 23.0 Å². The van der Waals surface area contributed by atoms with Gasteiger partial charge in [-0.15, -0.1) is 22.7 Å². The highest BCUT2D eigenvalue weighted by molar-refractivity contribution is 7.11. The molecule has 8 nitrogen and oxygen atoms in total. The lowest BCUT2D eigenvalue weighted by atomic mass is 10.0. The SMILES string of the molecule is COc1cc(C(=O)/C=C/c2sccc2C)cc(CN2CCN(Cc3cc(C(=O)/C=C/c4sccc4C)cc(OC)c3O)CC2)c1O. The average Bonchev–Trinajstić information content (AvgIpc) is 3.67. The van der Waals surface area contributed by atoms with Crippen molar-refractivity contribution in [2.24, 2.45) is 0 Å². The Hall–Kier alpha value is -4.22. The molecule has 240 valence electrons. The van der Waals surface area contributed by atoms with E-state index in [0.29, 0.717) is 61.5 Å². The predicted octanol–water partition coefficient (Wildman–Crippen LogP) is 6.96. The molecule has 0 radical (unpaired) electrons. The summed E-state index contributed by atoms with van der Waals surface area (Å²) in [6, 6.07) is 10.6. The predicted molar refractivity (Wildman–Crippen MR) is 185 cm³/mol. The zero-order valence-corrected chi connectivity index (χ0v) is 28.0. The Labute approximate surface area is 277 Å². The van der Waals surface area contributed by atoms with Gasteiger partial charge >= 0.3 is 0 Å². The Balaban J connectivity index is 1.24. The first-order chi connectivity index (χ1) is 22.2. The molecule has 1 saturated heterocycles. The Morgan fingerprint density at radius 3 is 1.43 bits per heavy atom. The van der Waals surface area contributed by atoms with E-state index in [0.717, 1.165) is 20.9 Å². The van der Waals surface area contributed by atoms with Gasteiger partial charge in [0.05, 0.1) is 14.2 Å². The number of methoxy groups -OCH3 is 2. The molecular weight excluding hydrogens is 621 g/mol. The molecule has 0 unspecified atom stereocenters. The number of benzene rings is 2. The molecule has 1 aliphatic heterocycles. The van der Waals surface area contributed by atoms with Crippen LogP contribution in [0.15, 0.2) is 59.3 Å². The molecule has 46 heavy (non-hydrogen) atoms. The fourth-order valence-electron chi connectivity index (χ4n) is 5.36. The number of rotatable bonds is 12. The first-order valence-corrected chi connectivity index (χ1v) is 16.7. The average molecular weight is 659 g/mol. The van der Waals surface area contributed by atoms with Crippen LogP contribution in [0.25, 0.3) is 12.2 Å². The molecule has 4 aromatic rings. The minimum Gasteiger partial charge on any atom is -0.504 e. The minimum absolute atomic E-state index is 0.0290. The van der Waals surface area contributed by atoms with E-state index in [1.807, 2.05) is 48.9 Å². The monoisotopic (exact) mass is 658 g/mol. The summed E-state index contributed by atoms with van der Waals surface area (Å²) in [5.41, 5.74) is 4.38. The topological polar surface area (TPSA) is 99.5 Å². The molecule has 2 aromatic carbocycles. The summed E-state index contributed by atoms with van der Waals surface area (Å²) in [6.07, 6.45) is 6.76. The van der Waals surface area contributed by atoms with Gasteiger partial charge in [-0.05, 0) is 96.4 Å². The summed E-state index contributed by atoms with van der Waals surface area (Å²) in [7, 11) is 2.95. The maximum atomic E-state index is 13.0. The standard InChI is InChI=1S/C36H38N2O6S2/c1-23-9-15-45-33(23)7-5-29(39)25-17-27(35(41)31(19-25)43-3)21-37-11-13-38(14-12-37)22-28-18-26(20-32(44-4)36(28)42)30(40)6-8-34-24(2)10-16-46-34/h5-10,15-20,41-42H,11-14,21-22H2,1-4H3/b7-5+,8-6+. The van der Waals surface area contributed by atoms with Gasteiger partial charge in [0.1, 0.15) is 0 Å². The fraction of sp³-hybridized carbons (Fsp3) is 0.278. The van der Waals surface area contributed by atoms with Crippen LogP contribution in [0.3, 0.4) is 0 Å². The number of aromatic hydroxyl groups is 2. The quantitative estimate of drug-likeness (QED) is 0.125. The lowest BCUT2D eigenvalue weighted by molar-refractivity contribution is 0.103. The van der Waals surface area contributed by atoms with Crippen molar-refractivity contribution >= 4 is 46.4 Å². The van der Waals surface area contributed by atoms with E-state index in [-0.39, 0.29) is 34.6 Å². The smallest absolute Gasteiger partial charge is 0.186 e. The molecule has 0 saturated carbocycles. The number of aryl methyl sites for hydroxylation is 2. The van der Waals surface area contributed by atoms with Crippen LogP contribution in [0.1, 0.15) is 52.7 Å². The van der Waals surface area contributed by atoms with Crippen LogP contribution in [0, 0.1) is 13.8 Å². The van der Waals surface area contributed by atoms with Crippen molar-refractivity contribution < 1.29 is 29.3 Å². The summed E-state index contributed by atoms with van der Waals surface area (Å²) < 4.78 is 10.8. The first kappa shape index (κ1) is 33.2. The molecule has 5 rings (SSSR count). The molecule has 0 atom stereocenters. The lowest BCUT2D eigenvalue weighted by Gasteiger charge is -2.35. The second-order valence-corrected chi connectivity index (χ2v) is 13.2. The zero-order valence-electron chi connectivity index (χ0n) is 26.4. The summed E-state index contributed by atoms with van der Waals surface area (Å²) in [4.78, 5) is 32.6. The molecule has 1 fully saturated rings. The Morgan fingerprint density at radius 2 is 1.11 bits per heavy atom. The molecule has 1 aliphatic rings. The van der Waals surface area contributed by atoms with E-state index < -0.39 is 0 Å². The molecule has 0 bridgehead atoms. The van der Waals surface area contributed by atoms with Crippen molar-refractivity contribution in [1.29, 1.82) is 0 Å². The van der Waals surface area contributed by atoms with E-state index >= 15 is 0 Å². The van der Waals surface area contributed by atoms with Crippen LogP contribution in [-0.2, 0) is 13.1 Å². The molecular formula is C36H38N2O6S2. The van der Waals surface area contributed by atoms with E-state index in [1.54, 1.807) is 59.1 Å². The third kappa shape index (κ3) is 7.76. The summed E-state index contributed by atoms with van der Waals surface area (Å²) in [5.74, 6) is 0.261. The van der Waals surface area contributed by atoms with Crippen LogP contribution in [0.2, 0.25) is 0 Å². The Kier molecular flexibility index (Phi) is 10.7. The normalized spacial score (nSPS) is 14.3. The zero-order chi connectivity index (χ0) is 32.8. The molecule has 0 spiro atoms. The van der Waals surface area contributed by atoms with Crippen LogP contribution < -0.4 is 9.47 Å². The highest BCUT2D eigenvalue weighted by Gasteiger charge is 2.23. The van der Waals surface area contributed by atoms with Gasteiger partial charge in [0.2, 0.25) is 0 Å². The third-order valence-corrected chi connectivity index (χ3v) is 10.1. The number of ketones is 2. The Morgan fingerprint density at radius 1 is 0.717 bits per heavy atom. The summed E-state index contributed by atoms with van der Waals surface area (Å²) in [5, 5.41) is 25.8. The van der Waals surface area contributed by atoms with E-state index in [1.165, 1.54) is 14.2 Å². The van der Waals surface area contributed by atoms with Crippen molar-refractivity contribution in [2.45, 2.75) is 26.9 Å². The molecule has 10 heteroatoms. The second-order valence-electron chi connectivity index (χ2n) is 11.3. The first-order valence-electron chi connectivity index (χ1n) is 14.9. The van der Waals surface area contributed by atoms with Crippen LogP contribution in [-0.4, -0.2) is 72.0 Å². The fourth-order valence-corrected chi connectivity index (χ4v) is 7.00. The lowest BCUT2D eigenvalue weighted by Crippen LogP contribution is -2.45. The largest absolute Gasteiger partial charge is 0.504 e. The number of hydrogen-bond acceptors (Lipinski definition) is 10. The number of ether oxygens (including phenoxy) is 2. The number of carbonyl (C=O) groups is 2. The van der Waals surface area contributed by atoms with Gasteiger partial charge in [-0.3, -0.25) is 19.4 Å².